The Morgan fingerprint density at radius 3 is 2.55 bits per heavy atom. The number of alkyl halides is 3. The van der Waals surface area contributed by atoms with Crippen LogP contribution in [0.5, 0.6) is 5.75 Å². The number of benzene rings is 1. The number of halogens is 3. The Morgan fingerprint density at radius 2 is 1.95 bits per heavy atom. The molecule has 0 radical (unpaired) electrons. The Balaban J connectivity index is 2.18. The fourth-order valence-corrected chi connectivity index (χ4v) is 2.92. The van der Waals surface area contributed by atoms with Crippen LogP contribution >= 0.6 is 11.8 Å². The number of nitrogens with zero attached hydrogens (tertiary/aromatic N) is 1. The number of nitrogens with one attached hydrogen (secondary N) is 1. The zero-order valence-electron chi connectivity index (χ0n) is 11.1. The van der Waals surface area contributed by atoms with Gasteiger partial charge in [-0.2, -0.15) is 13.2 Å². The molecule has 7 heteroatoms. The zero-order chi connectivity index (χ0) is 14.8. The standard InChI is InChI=1S/C13H17F3N2OS/c1-9(18-6-4-17-5-7-18)11-8-10(2-3-12(11)19)20-13(14,15)16/h2-3,8-9,17,19H,4-7H2,1H3/t9-/m1/s1. The Bertz CT molecular complexity index is 461. The summed E-state index contributed by atoms with van der Waals surface area (Å²) in [7, 11) is 0. The van der Waals surface area contributed by atoms with E-state index in [2.05, 4.69) is 10.2 Å². The molecule has 1 fully saturated rings. The minimum Gasteiger partial charge on any atom is -0.508 e. The molecule has 0 spiro atoms. The second-order valence-corrected chi connectivity index (χ2v) is 5.87. The fourth-order valence-electron chi connectivity index (χ4n) is 2.33. The van der Waals surface area contributed by atoms with Crippen molar-refractivity contribution < 1.29 is 18.3 Å². The van der Waals surface area contributed by atoms with E-state index in [9.17, 15) is 18.3 Å². The number of aromatic hydroxyl groups is 1. The molecule has 1 aliphatic heterocycles. The lowest BCUT2D eigenvalue weighted by atomic mass is 10.1. The maximum atomic E-state index is 12.4. The molecule has 1 aromatic carbocycles. The molecule has 0 bridgehead atoms. The molecule has 1 heterocycles. The van der Waals surface area contributed by atoms with Crippen molar-refractivity contribution in [2.45, 2.75) is 23.4 Å². The molecule has 112 valence electrons. The molecule has 1 aromatic rings. The lowest BCUT2D eigenvalue weighted by molar-refractivity contribution is -0.0328. The Labute approximate surface area is 120 Å². The highest BCUT2D eigenvalue weighted by molar-refractivity contribution is 8.00. The number of phenols is 1. The first kappa shape index (κ1) is 15.5. The van der Waals surface area contributed by atoms with E-state index >= 15 is 0 Å². The topological polar surface area (TPSA) is 35.5 Å². The minimum atomic E-state index is -4.31. The molecular weight excluding hydrogens is 289 g/mol. The van der Waals surface area contributed by atoms with Crippen LogP contribution in [-0.2, 0) is 0 Å². The molecule has 0 unspecified atom stereocenters. The summed E-state index contributed by atoms with van der Waals surface area (Å²) < 4.78 is 37.2. The lowest BCUT2D eigenvalue weighted by Gasteiger charge is -2.33. The number of phenolic OH excluding ortho intramolecular Hbond substituents is 1. The maximum absolute atomic E-state index is 12.4. The predicted molar refractivity (Wildman–Crippen MR) is 72.9 cm³/mol. The summed E-state index contributed by atoms with van der Waals surface area (Å²) in [6, 6.07) is 3.95. The molecule has 1 saturated heterocycles. The van der Waals surface area contributed by atoms with E-state index in [1.54, 1.807) is 0 Å². The van der Waals surface area contributed by atoms with Crippen LogP contribution in [0.4, 0.5) is 13.2 Å². The zero-order valence-corrected chi connectivity index (χ0v) is 11.9. The third kappa shape index (κ3) is 4.04. The summed E-state index contributed by atoms with van der Waals surface area (Å²) in [5.41, 5.74) is -3.77. The van der Waals surface area contributed by atoms with Crippen LogP contribution < -0.4 is 5.32 Å². The number of hydrogen-bond donors (Lipinski definition) is 2. The van der Waals surface area contributed by atoms with Gasteiger partial charge in [0.25, 0.3) is 0 Å². The van der Waals surface area contributed by atoms with Gasteiger partial charge in [-0.3, -0.25) is 4.90 Å². The van der Waals surface area contributed by atoms with Gasteiger partial charge in [-0.15, -0.1) is 0 Å². The first-order valence-electron chi connectivity index (χ1n) is 6.40. The molecule has 0 saturated carbocycles. The molecular formula is C13H17F3N2OS. The van der Waals surface area contributed by atoms with Crippen LogP contribution in [0.25, 0.3) is 0 Å². The number of hydrogen-bond acceptors (Lipinski definition) is 4. The van der Waals surface area contributed by atoms with E-state index in [0.717, 1.165) is 26.2 Å². The first-order chi connectivity index (χ1) is 9.37. The SMILES string of the molecule is C[C@H](c1cc(SC(F)(F)F)ccc1O)N1CCNCC1. The summed E-state index contributed by atoms with van der Waals surface area (Å²) in [4.78, 5) is 2.25. The summed E-state index contributed by atoms with van der Waals surface area (Å²) in [6.45, 7) is 5.24. The summed E-state index contributed by atoms with van der Waals surface area (Å²) in [5.74, 6) is 0.0440. The molecule has 0 amide bonds. The van der Waals surface area contributed by atoms with Crippen molar-refractivity contribution in [2.24, 2.45) is 0 Å². The van der Waals surface area contributed by atoms with Gasteiger partial charge in [0.15, 0.2) is 0 Å². The van der Waals surface area contributed by atoms with E-state index < -0.39 is 5.51 Å². The molecule has 1 atom stereocenters. The van der Waals surface area contributed by atoms with E-state index in [1.165, 1.54) is 18.2 Å². The van der Waals surface area contributed by atoms with Crippen LogP contribution in [0.15, 0.2) is 23.1 Å². The van der Waals surface area contributed by atoms with Crippen LogP contribution in [-0.4, -0.2) is 41.7 Å². The van der Waals surface area contributed by atoms with E-state index in [1.807, 2.05) is 6.92 Å². The van der Waals surface area contributed by atoms with E-state index in [-0.39, 0.29) is 28.4 Å². The predicted octanol–water partition coefficient (Wildman–Crippen LogP) is 2.97. The summed E-state index contributed by atoms with van der Waals surface area (Å²) in [5, 5.41) is 13.1. The van der Waals surface area contributed by atoms with Gasteiger partial charge in [0, 0.05) is 42.7 Å². The number of rotatable bonds is 3. The average molecular weight is 306 g/mol. The van der Waals surface area contributed by atoms with Gasteiger partial charge < -0.3 is 10.4 Å². The smallest absolute Gasteiger partial charge is 0.446 e. The largest absolute Gasteiger partial charge is 0.508 e. The second-order valence-electron chi connectivity index (χ2n) is 4.73. The monoisotopic (exact) mass is 306 g/mol. The first-order valence-corrected chi connectivity index (χ1v) is 7.22. The second kappa shape index (κ2) is 6.24. The molecule has 1 aliphatic rings. The van der Waals surface area contributed by atoms with Crippen LogP contribution in [0.1, 0.15) is 18.5 Å². The maximum Gasteiger partial charge on any atom is 0.446 e. The highest BCUT2D eigenvalue weighted by Crippen LogP contribution is 2.40. The van der Waals surface area contributed by atoms with Gasteiger partial charge in [0.05, 0.1) is 0 Å². The van der Waals surface area contributed by atoms with Crippen LogP contribution in [0.2, 0.25) is 0 Å². The van der Waals surface area contributed by atoms with Crippen molar-refractivity contribution in [3.63, 3.8) is 0 Å². The highest BCUT2D eigenvalue weighted by Gasteiger charge is 2.30. The Kier molecular flexibility index (Phi) is 4.82. The third-order valence-electron chi connectivity index (χ3n) is 3.38. The van der Waals surface area contributed by atoms with Gasteiger partial charge in [0.1, 0.15) is 5.75 Å². The van der Waals surface area contributed by atoms with Crippen molar-refractivity contribution in [1.29, 1.82) is 0 Å². The van der Waals surface area contributed by atoms with Crippen LogP contribution in [0.3, 0.4) is 0 Å². The molecule has 20 heavy (non-hydrogen) atoms. The van der Waals surface area contributed by atoms with Crippen molar-refractivity contribution in [3.8, 4) is 5.75 Å². The van der Waals surface area contributed by atoms with Gasteiger partial charge >= 0.3 is 5.51 Å². The summed E-state index contributed by atoms with van der Waals surface area (Å²) >= 11 is -0.154. The van der Waals surface area contributed by atoms with Crippen molar-refractivity contribution >= 4 is 11.8 Å². The third-order valence-corrected chi connectivity index (χ3v) is 4.10. The minimum absolute atomic E-state index is 0.0440. The van der Waals surface area contributed by atoms with Gasteiger partial charge in [-0.25, -0.2) is 0 Å². The van der Waals surface area contributed by atoms with Crippen molar-refractivity contribution in [3.05, 3.63) is 23.8 Å². The number of thioether (sulfide) groups is 1. The van der Waals surface area contributed by atoms with Crippen LogP contribution in [0, 0.1) is 0 Å². The molecule has 3 nitrogen and oxygen atoms in total. The molecule has 0 aliphatic carbocycles. The van der Waals surface area contributed by atoms with E-state index in [0.29, 0.717) is 5.56 Å². The lowest BCUT2D eigenvalue weighted by Crippen LogP contribution is -2.44. The highest BCUT2D eigenvalue weighted by atomic mass is 32.2. The normalized spacial score (nSPS) is 19.0. The fraction of sp³-hybridized carbons (Fsp3) is 0.538. The van der Waals surface area contributed by atoms with Crippen molar-refractivity contribution in [1.82, 2.24) is 10.2 Å². The quantitative estimate of drug-likeness (QED) is 0.842. The van der Waals surface area contributed by atoms with E-state index in [4.69, 9.17) is 0 Å². The Morgan fingerprint density at radius 1 is 1.30 bits per heavy atom. The number of piperazine rings is 1. The summed E-state index contributed by atoms with van der Waals surface area (Å²) in [6.07, 6.45) is 0. The van der Waals surface area contributed by atoms with Gasteiger partial charge in [-0.1, -0.05) is 0 Å². The van der Waals surface area contributed by atoms with Gasteiger partial charge in [-0.05, 0) is 36.9 Å². The van der Waals surface area contributed by atoms with Gasteiger partial charge in [0.2, 0.25) is 0 Å². The van der Waals surface area contributed by atoms with Crippen molar-refractivity contribution in [2.75, 3.05) is 26.2 Å². The molecule has 2 N–H and O–H groups in total. The molecule has 2 rings (SSSR count). The molecule has 0 aromatic heterocycles. The average Bonchev–Trinajstić information content (AvgIpc) is 2.40. The Hall–Kier alpha value is -0.920.